The first kappa shape index (κ1) is 20.9. The van der Waals surface area contributed by atoms with Gasteiger partial charge < -0.3 is 4.55 Å². The van der Waals surface area contributed by atoms with E-state index in [-0.39, 0.29) is 6.42 Å². The van der Waals surface area contributed by atoms with Crippen LogP contribution in [0.25, 0.3) is 32.3 Å². The van der Waals surface area contributed by atoms with E-state index in [4.69, 9.17) is 9.97 Å². The third kappa shape index (κ3) is 3.97. The molecule has 0 spiro atoms. The van der Waals surface area contributed by atoms with E-state index < -0.39 is 15.4 Å². The maximum absolute atomic E-state index is 11.9. The van der Waals surface area contributed by atoms with Gasteiger partial charge in [0.1, 0.15) is 21.4 Å². The number of hydrogen-bond donors (Lipinski definition) is 0. The molecule has 2 heterocycles. The van der Waals surface area contributed by atoms with Gasteiger partial charge in [-0.2, -0.15) is 4.57 Å². The SMILES string of the molecule is Cc1sc2cc3nc4ccccc4nc3cc2[n+]1CCCC(c1ccccc1)S(=O)(=O)[O-]. The minimum absolute atomic E-state index is 0.275. The van der Waals surface area contributed by atoms with Gasteiger partial charge in [-0.1, -0.05) is 53.8 Å². The predicted molar refractivity (Wildman–Crippen MR) is 125 cm³/mol. The summed E-state index contributed by atoms with van der Waals surface area (Å²) < 4.78 is 38.9. The fraction of sp³-hybridized carbons (Fsp3) is 0.208. The van der Waals surface area contributed by atoms with Gasteiger partial charge in [-0.15, -0.1) is 0 Å². The normalized spacial score (nSPS) is 13.2. The molecule has 1 unspecified atom stereocenters. The fourth-order valence-corrected chi connectivity index (χ4v) is 6.18. The Bertz CT molecular complexity index is 1550. The molecular formula is C24H21N3O3S2. The van der Waals surface area contributed by atoms with Crippen molar-refractivity contribution in [3.05, 3.63) is 77.3 Å². The lowest BCUT2D eigenvalue weighted by Crippen LogP contribution is -2.35. The summed E-state index contributed by atoms with van der Waals surface area (Å²) >= 11 is 1.67. The van der Waals surface area contributed by atoms with Crippen LogP contribution >= 0.6 is 11.3 Å². The van der Waals surface area contributed by atoms with Crippen LogP contribution in [0, 0.1) is 6.92 Å². The van der Waals surface area contributed by atoms with E-state index in [9.17, 15) is 13.0 Å². The lowest BCUT2D eigenvalue weighted by atomic mass is 10.1. The Morgan fingerprint density at radius 1 is 0.938 bits per heavy atom. The van der Waals surface area contributed by atoms with E-state index in [1.165, 1.54) is 0 Å². The Morgan fingerprint density at radius 3 is 2.22 bits per heavy atom. The van der Waals surface area contributed by atoms with Crippen LogP contribution in [0.15, 0.2) is 66.7 Å². The van der Waals surface area contributed by atoms with Crippen molar-refractivity contribution in [2.45, 2.75) is 31.6 Å². The quantitative estimate of drug-likeness (QED) is 0.208. The van der Waals surface area contributed by atoms with Crippen LogP contribution in [0.5, 0.6) is 0 Å². The Labute approximate surface area is 189 Å². The zero-order chi connectivity index (χ0) is 22.3. The average molecular weight is 464 g/mol. The average Bonchev–Trinajstić information content (AvgIpc) is 3.07. The number of fused-ring (bicyclic) bond motifs is 3. The van der Waals surface area contributed by atoms with Crippen molar-refractivity contribution in [3.63, 3.8) is 0 Å². The van der Waals surface area contributed by atoms with Crippen LogP contribution < -0.4 is 4.57 Å². The molecule has 3 aromatic carbocycles. The number of hydrogen-bond acceptors (Lipinski definition) is 6. The number of benzene rings is 3. The molecule has 162 valence electrons. The standard InChI is InChI=1S/C24H21N3O3S2/c1-16-27(13-7-12-24(32(28,29)30)17-8-3-2-4-9-17)22-14-20-21(15-23(22)31-16)26-19-11-6-5-10-18(19)25-20/h2-6,8-11,14-15,24H,7,12-13H2,1H3. The van der Waals surface area contributed by atoms with Gasteiger partial charge in [-0.3, -0.25) is 0 Å². The molecule has 5 aromatic rings. The molecular weight excluding hydrogens is 442 g/mol. The molecule has 32 heavy (non-hydrogen) atoms. The van der Waals surface area contributed by atoms with Crippen LogP contribution in [-0.4, -0.2) is 22.9 Å². The number of rotatable bonds is 6. The Hall–Kier alpha value is -2.94. The predicted octanol–water partition coefficient (Wildman–Crippen LogP) is 4.66. The molecule has 0 fully saturated rings. The first-order chi connectivity index (χ1) is 15.4. The van der Waals surface area contributed by atoms with Crippen molar-refractivity contribution in [2.75, 3.05) is 0 Å². The van der Waals surface area contributed by atoms with E-state index in [1.54, 1.807) is 35.6 Å². The molecule has 1 atom stereocenters. The van der Waals surface area contributed by atoms with Gasteiger partial charge in [0.25, 0.3) is 0 Å². The number of nitrogens with zero attached hydrogens (tertiary/aromatic N) is 3. The maximum Gasteiger partial charge on any atom is 0.235 e. The van der Waals surface area contributed by atoms with E-state index >= 15 is 0 Å². The molecule has 0 aliphatic rings. The van der Waals surface area contributed by atoms with Crippen LogP contribution in [0.4, 0.5) is 0 Å². The lowest BCUT2D eigenvalue weighted by Gasteiger charge is -2.20. The van der Waals surface area contributed by atoms with Gasteiger partial charge in [0.05, 0.1) is 27.3 Å². The first-order valence-corrected chi connectivity index (χ1v) is 12.7. The zero-order valence-corrected chi connectivity index (χ0v) is 19.1. The minimum atomic E-state index is -4.44. The fourth-order valence-electron chi connectivity index (χ4n) is 4.17. The molecule has 0 bridgehead atoms. The lowest BCUT2D eigenvalue weighted by molar-refractivity contribution is -0.673. The monoisotopic (exact) mass is 463 g/mol. The van der Waals surface area contributed by atoms with Crippen molar-refractivity contribution in [1.29, 1.82) is 0 Å². The highest BCUT2D eigenvalue weighted by Gasteiger charge is 2.22. The van der Waals surface area contributed by atoms with Gasteiger partial charge in [0.15, 0.2) is 0 Å². The van der Waals surface area contributed by atoms with Gasteiger partial charge in [0, 0.05) is 19.4 Å². The van der Waals surface area contributed by atoms with Crippen LogP contribution in [0.2, 0.25) is 0 Å². The van der Waals surface area contributed by atoms with E-state index in [0.717, 1.165) is 37.3 Å². The maximum atomic E-state index is 11.9. The van der Waals surface area contributed by atoms with Crippen molar-refractivity contribution in [2.24, 2.45) is 0 Å². The summed E-state index contributed by atoms with van der Waals surface area (Å²) in [7, 11) is -4.44. The van der Waals surface area contributed by atoms with Crippen LogP contribution in [-0.2, 0) is 16.7 Å². The number of thiazole rings is 1. The number of aromatic nitrogens is 3. The summed E-state index contributed by atoms with van der Waals surface area (Å²) in [6.45, 7) is 2.67. The summed E-state index contributed by atoms with van der Waals surface area (Å²) in [5.74, 6) is 0. The topological polar surface area (TPSA) is 86.9 Å². The largest absolute Gasteiger partial charge is 0.747 e. The van der Waals surface area contributed by atoms with E-state index in [1.807, 2.05) is 43.3 Å². The summed E-state index contributed by atoms with van der Waals surface area (Å²) in [5, 5.41) is 0.0775. The molecule has 0 N–H and O–H groups in total. The zero-order valence-electron chi connectivity index (χ0n) is 17.4. The molecule has 0 amide bonds. The molecule has 6 nitrogen and oxygen atoms in total. The third-order valence-electron chi connectivity index (χ3n) is 5.72. The summed E-state index contributed by atoms with van der Waals surface area (Å²) in [6, 6.07) is 20.7. The number of aryl methyl sites for hydroxylation is 2. The second-order valence-electron chi connectivity index (χ2n) is 7.83. The van der Waals surface area contributed by atoms with E-state index in [2.05, 4.69) is 10.6 Å². The van der Waals surface area contributed by atoms with Crippen molar-refractivity contribution >= 4 is 53.7 Å². The molecule has 5 rings (SSSR count). The molecule has 0 saturated heterocycles. The summed E-state index contributed by atoms with van der Waals surface area (Å²) in [4.78, 5) is 9.51. The second-order valence-corrected chi connectivity index (χ2v) is 10.6. The molecule has 0 aliphatic carbocycles. The Kier molecular flexibility index (Phi) is 5.36. The van der Waals surface area contributed by atoms with Crippen LogP contribution in [0.3, 0.4) is 0 Å². The second kappa shape index (κ2) is 8.20. The van der Waals surface area contributed by atoms with E-state index in [0.29, 0.717) is 18.5 Å². The number of para-hydroxylation sites is 2. The smallest absolute Gasteiger partial charge is 0.235 e. The third-order valence-corrected chi connectivity index (χ3v) is 7.98. The first-order valence-electron chi connectivity index (χ1n) is 10.4. The molecule has 0 radical (unpaired) electrons. The van der Waals surface area contributed by atoms with Crippen molar-refractivity contribution in [3.8, 4) is 0 Å². The highest BCUT2D eigenvalue weighted by atomic mass is 32.2. The molecule has 2 aromatic heterocycles. The van der Waals surface area contributed by atoms with Gasteiger partial charge >= 0.3 is 0 Å². The Balaban J connectivity index is 1.46. The summed E-state index contributed by atoms with van der Waals surface area (Å²) in [5.41, 5.74) is 4.99. The van der Waals surface area contributed by atoms with Gasteiger partial charge in [-0.05, 0) is 30.2 Å². The molecule has 0 saturated carbocycles. The van der Waals surface area contributed by atoms with Crippen LogP contribution in [0.1, 0.15) is 28.7 Å². The highest BCUT2D eigenvalue weighted by Crippen LogP contribution is 2.28. The van der Waals surface area contributed by atoms with Gasteiger partial charge in [0.2, 0.25) is 10.5 Å². The summed E-state index contributed by atoms with van der Waals surface area (Å²) in [6.07, 6.45) is 0.845. The van der Waals surface area contributed by atoms with Crippen molar-refractivity contribution < 1.29 is 17.5 Å². The van der Waals surface area contributed by atoms with Crippen molar-refractivity contribution in [1.82, 2.24) is 9.97 Å². The highest BCUT2D eigenvalue weighted by molar-refractivity contribution is 7.86. The molecule has 8 heteroatoms. The minimum Gasteiger partial charge on any atom is -0.747 e. The Morgan fingerprint density at radius 2 is 1.56 bits per heavy atom. The molecule has 0 aliphatic heterocycles. The van der Waals surface area contributed by atoms with Gasteiger partial charge in [-0.25, -0.2) is 18.4 Å².